The van der Waals surface area contributed by atoms with E-state index in [0.29, 0.717) is 19.0 Å². The van der Waals surface area contributed by atoms with Crippen LogP contribution >= 0.6 is 11.8 Å². The largest absolute Gasteiger partial charge is 0.448 e. The van der Waals surface area contributed by atoms with Crippen molar-refractivity contribution >= 4 is 17.7 Å². The quantitative estimate of drug-likeness (QED) is 0.731. The van der Waals surface area contributed by atoms with Gasteiger partial charge in [0.1, 0.15) is 0 Å². The van der Waals surface area contributed by atoms with Crippen LogP contribution in [0.1, 0.15) is 5.56 Å². The highest BCUT2D eigenvalue weighted by Crippen LogP contribution is 2.21. The maximum atomic E-state index is 10.8. The van der Waals surface area contributed by atoms with E-state index in [4.69, 9.17) is 9.47 Å². The highest BCUT2D eigenvalue weighted by Gasteiger charge is 2.23. The standard InChI is InChI=1S/C11H12O3S/c12-10-8-15-11(14-10)7-13-6-9-4-2-1-3-5-9/h1-5,11H,6-8H2/t11-/m0/s1. The number of hydrogen-bond acceptors (Lipinski definition) is 4. The summed E-state index contributed by atoms with van der Waals surface area (Å²) in [6.45, 7) is 1.03. The van der Waals surface area contributed by atoms with Gasteiger partial charge < -0.3 is 9.47 Å². The number of carbonyl (C=O) groups excluding carboxylic acids is 1. The van der Waals surface area contributed by atoms with Crippen molar-refractivity contribution in [3.63, 3.8) is 0 Å². The smallest absolute Gasteiger partial charge is 0.317 e. The topological polar surface area (TPSA) is 35.5 Å². The highest BCUT2D eigenvalue weighted by atomic mass is 32.2. The molecule has 3 nitrogen and oxygen atoms in total. The molecule has 0 aliphatic carbocycles. The molecular weight excluding hydrogens is 212 g/mol. The summed E-state index contributed by atoms with van der Waals surface area (Å²) in [4.78, 5) is 10.8. The minimum atomic E-state index is -0.145. The summed E-state index contributed by atoms with van der Waals surface area (Å²) in [5.74, 6) is 0.299. The summed E-state index contributed by atoms with van der Waals surface area (Å²) >= 11 is 1.49. The van der Waals surface area contributed by atoms with Gasteiger partial charge in [-0.2, -0.15) is 0 Å². The number of carbonyl (C=O) groups is 1. The predicted molar refractivity (Wildman–Crippen MR) is 58.4 cm³/mol. The molecule has 0 aromatic heterocycles. The maximum Gasteiger partial charge on any atom is 0.317 e. The van der Waals surface area contributed by atoms with E-state index in [1.807, 2.05) is 30.3 Å². The molecule has 0 radical (unpaired) electrons. The molecule has 0 saturated carbocycles. The van der Waals surface area contributed by atoms with Gasteiger partial charge in [-0.15, -0.1) is 11.8 Å². The Balaban J connectivity index is 1.69. The lowest BCUT2D eigenvalue weighted by atomic mass is 10.2. The Bertz CT molecular complexity index is 326. The van der Waals surface area contributed by atoms with Crippen molar-refractivity contribution in [2.45, 2.75) is 12.0 Å². The van der Waals surface area contributed by atoms with Gasteiger partial charge >= 0.3 is 5.97 Å². The first-order chi connectivity index (χ1) is 7.34. The lowest BCUT2D eigenvalue weighted by molar-refractivity contribution is -0.141. The highest BCUT2D eigenvalue weighted by molar-refractivity contribution is 8.00. The van der Waals surface area contributed by atoms with Crippen LogP contribution < -0.4 is 0 Å². The first-order valence-electron chi connectivity index (χ1n) is 4.77. The number of ether oxygens (including phenoxy) is 2. The normalized spacial score (nSPS) is 20.3. The molecule has 1 saturated heterocycles. The van der Waals surface area contributed by atoms with E-state index in [1.165, 1.54) is 11.8 Å². The van der Waals surface area contributed by atoms with Gasteiger partial charge in [0.2, 0.25) is 0 Å². The van der Waals surface area contributed by atoms with Crippen molar-refractivity contribution in [3.05, 3.63) is 35.9 Å². The fourth-order valence-electron chi connectivity index (χ4n) is 1.31. The van der Waals surface area contributed by atoms with Crippen LogP contribution in [-0.2, 0) is 20.9 Å². The van der Waals surface area contributed by atoms with Crippen molar-refractivity contribution in [1.29, 1.82) is 0 Å². The Morgan fingerprint density at radius 3 is 2.87 bits per heavy atom. The van der Waals surface area contributed by atoms with Crippen molar-refractivity contribution < 1.29 is 14.3 Å². The van der Waals surface area contributed by atoms with Gasteiger partial charge in [0.15, 0.2) is 5.44 Å². The third-order valence-corrected chi connectivity index (χ3v) is 3.02. The lowest BCUT2D eigenvalue weighted by Gasteiger charge is -2.08. The van der Waals surface area contributed by atoms with E-state index in [1.54, 1.807) is 0 Å². The molecule has 0 spiro atoms. The minimum Gasteiger partial charge on any atom is -0.448 e. The van der Waals surface area contributed by atoms with Crippen LogP contribution in [-0.4, -0.2) is 23.8 Å². The molecule has 1 heterocycles. The molecular formula is C11H12O3S. The second-order valence-corrected chi connectivity index (χ2v) is 4.38. The Kier molecular flexibility index (Phi) is 3.64. The molecule has 1 aliphatic heterocycles. The zero-order valence-corrected chi connectivity index (χ0v) is 9.03. The van der Waals surface area contributed by atoms with Crippen LogP contribution in [0.5, 0.6) is 0 Å². The first-order valence-corrected chi connectivity index (χ1v) is 5.82. The summed E-state index contributed by atoms with van der Waals surface area (Å²) in [5, 5.41) is 0. The molecule has 0 unspecified atom stereocenters. The van der Waals surface area contributed by atoms with Crippen LogP contribution in [0.2, 0.25) is 0 Å². The summed E-state index contributed by atoms with van der Waals surface area (Å²) < 4.78 is 10.5. The summed E-state index contributed by atoms with van der Waals surface area (Å²) in [6, 6.07) is 9.94. The number of benzene rings is 1. The number of esters is 1. The van der Waals surface area contributed by atoms with Crippen molar-refractivity contribution in [2.75, 3.05) is 12.4 Å². The molecule has 0 amide bonds. The number of hydrogen-bond donors (Lipinski definition) is 0. The predicted octanol–water partition coefficient (Wildman–Crippen LogP) is 1.82. The SMILES string of the molecule is O=C1CS[C@@H](COCc2ccccc2)O1. The Morgan fingerprint density at radius 2 is 2.20 bits per heavy atom. The van der Waals surface area contributed by atoms with E-state index in [-0.39, 0.29) is 11.4 Å². The molecule has 2 rings (SSSR count). The number of rotatable bonds is 4. The van der Waals surface area contributed by atoms with Gasteiger partial charge in [-0.25, -0.2) is 0 Å². The third-order valence-electron chi connectivity index (χ3n) is 2.02. The van der Waals surface area contributed by atoms with E-state index < -0.39 is 0 Å². The minimum absolute atomic E-state index is 0.124. The lowest BCUT2D eigenvalue weighted by Crippen LogP contribution is -2.12. The number of cyclic esters (lactones) is 1. The molecule has 80 valence electrons. The van der Waals surface area contributed by atoms with Gasteiger partial charge in [-0.3, -0.25) is 4.79 Å². The van der Waals surface area contributed by atoms with Crippen LogP contribution in [0, 0.1) is 0 Å². The molecule has 1 fully saturated rings. The Labute approximate surface area is 92.8 Å². The van der Waals surface area contributed by atoms with Crippen LogP contribution in [0.15, 0.2) is 30.3 Å². The fourth-order valence-corrected chi connectivity index (χ4v) is 2.06. The molecule has 0 N–H and O–H groups in total. The average Bonchev–Trinajstić information content (AvgIpc) is 2.66. The van der Waals surface area contributed by atoms with E-state index in [9.17, 15) is 4.79 Å². The van der Waals surface area contributed by atoms with Gasteiger partial charge in [0.25, 0.3) is 0 Å². The molecule has 1 aliphatic rings. The molecule has 0 bridgehead atoms. The van der Waals surface area contributed by atoms with Gasteiger partial charge in [0, 0.05) is 0 Å². The summed E-state index contributed by atoms with van der Waals surface area (Å²) in [6.07, 6.45) is 0. The zero-order chi connectivity index (χ0) is 10.5. The van der Waals surface area contributed by atoms with E-state index >= 15 is 0 Å². The monoisotopic (exact) mass is 224 g/mol. The van der Waals surface area contributed by atoms with Crippen LogP contribution in [0.4, 0.5) is 0 Å². The van der Waals surface area contributed by atoms with Crippen molar-refractivity contribution in [1.82, 2.24) is 0 Å². The van der Waals surface area contributed by atoms with Crippen molar-refractivity contribution in [2.24, 2.45) is 0 Å². The van der Waals surface area contributed by atoms with Crippen LogP contribution in [0.25, 0.3) is 0 Å². The summed E-state index contributed by atoms with van der Waals surface area (Å²) in [5.41, 5.74) is 1.01. The van der Waals surface area contributed by atoms with Gasteiger partial charge in [0.05, 0.1) is 19.0 Å². The van der Waals surface area contributed by atoms with Crippen LogP contribution in [0.3, 0.4) is 0 Å². The third kappa shape index (κ3) is 3.25. The molecule has 4 heteroatoms. The molecule has 1 aromatic rings. The summed E-state index contributed by atoms with van der Waals surface area (Å²) in [7, 11) is 0. The average molecular weight is 224 g/mol. The van der Waals surface area contributed by atoms with Crippen molar-refractivity contribution in [3.8, 4) is 0 Å². The molecule has 15 heavy (non-hydrogen) atoms. The fraction of sp³-hybridized carbons (Fsp3) is 0.364. The number of thioether (sulfide) groups is 1. The molecule has 1 aromatic carbocycles. The second-order valence-electron chi connectivity index (χ2n) is 3.23. The molecule has 1 atom stereocenters. The zero-order valence-electron chi connectivity index (χ0n) is 8.22. The maximum absolute atomic E-state index is 10.8. The Hall–Kier alpha value is -1.00. The van der Waals surface area contributed by atoms with E-state index in [2.05, 4.69) is 0 Å². The van der Waals surface area contributed by atoms with Gasteiger partial charge in [-0.05, 0) is 5.56 Å². The first kappa shape index (κ1) is 10.5. The van der Waals surface area contributed by atoms with Gasteiger partial charge in [-0.1, -0.05) is 30.3 Å². The Morgan fingerprint density at radius 1 is 1.40 bits per heavy atom. The second kappa shape index (κ2) is 5.19. The van der Waals surface area contributed by atoms with E-state index in [0.717, 1.165) is 5.56 Å².